The Morgan fingerprint density at radius 1 is 1.39 bits per heavy atom. The molecule has 0 aliphatic carbocycles. The molecule has 1 saturated heterocycles. The molecule has 1 aliphatic rings. The summed E-state index contributed by atoms with van der Waals surface area (Å²) in [4.78, 5) is 8.74. The van der Waals surface area contributed by atoms with E-state index in [1.807, 2.05) is 6.07 Å². The van der Waals surface area contributed by atoms with Gasteiger partial charge in [-0.1, -0.05) is 6.92 Å². The standard InChI is InChI=1S/C23H34FN5O2/c1-4-17(28-18-8-11-31-12-9-18)7-10-26-23-19(22(25)27-15(3)30)13-16-5-6-20(24)14(2)21(16)29-23/h5-6,13,15,17-18,28,30H,4,7-12H2,1-3H3,(H2,25,27)(H,26,29). The van der Waals surface area contributed by atoms with E-state index in [4.69, 9.17) is 10.5 Å². The lowest BCUT2D eigenvalue weighted by Crippen LogP contribution is -2.42. The summed E-state index contributed by atoms with van der Waals surface area (Å²) in [6.07, 6.45) is 3.08. The Kier molecular flexibility index (Phi) is 8.17. The van der Waals surface area contributed by atoms with Crippen LogP contribution >= 0.6 is 0 Å². The number of halogens is 1. The molecule has 8 heteroatoms. The summed E-state index contributed by atoms with van der Waals surface area (Å²) < 4.78 is 19.5. The van der Waals surface area contributed by atoms with E-state index in [1.54, 1.807) is 19.9 Å². The fraction of sp³-hybridized carbons (Fsp3) is 0.565. The summed E-state index contributed by atoms with van der Waals surface area (Å²) in [6, 6.07) is 5.81. The van der Waals surface area contributed by atoms with Crippen LogP contribution in [0.1, 0.15) is 50.7 Å². The highest BCUT2D eigenvalue weighted by Crippen LogP contribution is 2.25. The number of amidine groups is 1. The predicted molar refractivity (Wildman–Crippen MR) is 123 cm³/mol. The van der Waals surface area contributed by atoms with Crippen LogP contribution in [0.2, 0.25) is 0 Å². The van der Waals surface area contributed by atoms with Gasteiger partial charge in [-0.25, -0.2) is 14.4 Å². The summed E-state index contributed by atoms with van der Waals surface area (Å²) in [6.45, 7) is 7.74. The van der Waals surface area contributed by atoms with Crippen LogP contribution in [0.5, 0.6) is 0 Å². The molecule has 1 aromatic heterocycles. The van der Waals surface area contributed by atoms with Gasteiger partial charge in [-0.3, -0.25) is 0 Å². The molecule has 2 aromatic rings. The molecular formula is C23H34FN5O2. The average molecular weight is 432 g/mol. The van der Waals surface area contributed by atoms with Gasteiger partial charge in [0.15, 0.2) is 0 Å². The Morgan fingerprint density at radius 2 is 2.13 bits per heavy atom. The lowest BCUT2D eigenvalue weighted by Gasteiger charge is -2.28. The molecule has 7 nitrogen and oxygen atoms in total. The van der Waals surface area contributed by atoms with Crippen LogP contribution < -0.4 is 16.4 Å². The van der Waals surface area contributed by atoms with Crippen LogP contribution in [-0.2, 0) is 4.74 Å². The summed E-state index contributed by atoms with van der Waals surface area (Å²) in [5, 5.41) is 17.5. The average Bonchev–Trinajstić information content (AvgIpc) is 2.75. The second kappa shape index (κ2) is 10.8. The number of fused-ring (bicyclic) bond motifs is 1. The minimum absolute atomic E-state index is 0.196. The van der Waals surface area contributed by atoms with Crippen LogP contribution in [0.3, 0.4) is 0 Å². The van der Waals surface area contributed by atoms with Gasteiger partial charge in [-0.05, 0) is 57.7 Å². The molecule has 5 N–H and O–H groups in total. The van der Waals surface area contributed by atoms with Crippen molar-refractivity contribution in [3.63, 3.8) is 0 Å². The largest absolute Gasteiger partial charge is 0.383 e. The van der Waals surface area contributed by atoms with Gasteiger partial charge >= 0.3 is 0 Å². The number of rotatable bonds is 9. The maximum atomic E-state index is 14.1. The van der Waals surface area contributed by atoms with Crippen molar-refractivity contribution in [2.45, 2.75) is 64.8 Å². The monoisotopic (exact) mass is 431 g/mol. The van der Waals surface area contributed by atoms with Crippen molar-refractivity contribution >= 4 is 22.6 Å². The molecule has 0 spiro atoms. The van der Waals surface area contributed by atoms with E-state index in [2.05, 4.69) is 27.5 Å². The van der Waals surface area contributed by atoms with Crippen LogP contribution in [0.25, 0.3) is 10.9 Å². The first-order chi connectivity index (χ1) is 14.9. The number of aliphatic imine (C=N–C) groups is 1. The number of anilines is 1. The number of nitrogens with two attached hydrogens (primary N) is 1. The molecule has 3 rings (SSSR count). The Morgan fingerprint density at radius 3 is 2.81 bits per heavy atom. The number of nitrogens with zero attached hydrogens (tertiary/aromatic N) is 2. The zero-order valence-electron chi connectivity index (χ0n) is 18.6. The fourth-order valence-electron chi connectivity index (χ4n) is 3.93. The summed E-state index contributed by atoms with van der Waals surface area (Å²) in [7, 11) is 0. The van der Waals surface area contributed by atoms with Crippen molar-refractivity contribution in [1.82, 2.24) is 10.3 Å². The first kappa shape index (κ1) is 23.4. The van der Waals surface area contributed by atoms with Gasteiger partial charge in [0.25, 0.3) is 0 Å². The molecule has 0 amide bonds. The lowest BCUT2D eigenvalue weighted by molar-refractivity contribution is 0.0745. The number of aromatic nitrogens is 1. The number of pyridine rings is 1. The molecule has 1 aliphatic heterocycles. The smallest absolute Gasteiger partial charge is 0.144 e. The maximum Gasteiger partial charge on any atom is 0.144 e. The second-order valence-electron chi connectivity index (χ2n) is 8.15. The maximum absolute atomic E-state index is 14.1. The van der Waals surface area contributed by atoms with Crippen molar-refractivity contribution in [1.29, 1.82) is 0 Å². The minimum Gasteiger partial charge on any atom is -0.383 e. The molecule has 2 heterocycles. The van der Waals surface area contributed by atoms with E-state index in [9.17, 15) is 9.50 Å². The zero-order valence-corrected chi connectivity index (χ0v) is 18.6. The second-order valence-corrected chi connectivity index (χ2v) is 8.15. The van der Waals surface area contributed by atoms with Crippen molar-refractivity contribution in [2.75, 3.05) is 25.1 Å². The normalized spacial score (nSPS) is 17.6. The van der Waals surface area contributed by atoms with Gasteiger partial charge < -0.3 is 26.2 Å². The van der Waals surface area contributed by atoms with E-state index in [1.165, 1.54) is 6.07 Å². The van der Waals surface area contributed by atoms with Gasteiger partial charge in [0.1, 0.15) is 23.7 Å². The molecule has 2 unspecified atom stereocenters. The Balaban J connectivity index is 1.79. The number of ether oxygens (including phenoxy) is 1. The Bertz CT molecular complexity index is 912. The minimum atomic E-state index is -0.924. The Hall–Kier alpha value is -2.29. The van der Waals surface area contributed by atoms with Gasteiger partial charge in [-0.15, -0.1) is 0 Å². The van der Waals surface area contributed by atoms with E-state index in [0.29, 0.717) is 41.1 Å². The highest BCUT2D eigenvalue weighted by atomic mass is 19.1. The topological polar surface area (TPSA) is 105 Å². The van der Waals surface area contributed by atoms with Gasteiger partial charge in [0, 0.05) is 42.8 Å². The SMILES string of the molecule is CCC(CCNc1nc2c(C)c(F)ccc2cc1C(N)=NC(C)O)NC1CCOCC1. The van der Waals surface area contributed by atoms with Crippen molar-refractivity contribution in [3.8, 4) is 0 Å². The first-order valence-electron chi connectivity index (χ1n) is 11.1. The quantitative estimate of drug-likeness (QED) is 0.359. The van der Waals surface area contributed by atoms with Crippen LogP contribution in [0, 0.1) is 12.7 Å². The molecule has 0 radical (unpaired) electrons. The van der Waals surface area contributed by atoms with Crippen LogP contribution in [0.15, 0.2) is 23.2 Å². The highest BCUT2D eigenvalue weighted by Gasteiger charge is 2.18. The lowest BCUT2D eigenvalue weighted by atomic mass is 10.0. The fourth-order valence-corrected chi connectivity index (χ4v) is 3.93. The summed E-state index contributed by atoms with van der Waals surface area (Å²) >= 11 is 0. The van der Waals surface area contributed by atoms with E-state index in [0.717, 1.165) is 44.3 Å². The number of benzene rings is 1. The number of aliphatic hydroxyl groups is 1. The Labute approximate surface area is 183 Å². The molecule has 1 aromatic carbocycles. The molecule has 170 valence electrons. The molecule has 2 atom stereocenters. The van der Waals surface area contributed by atoms with Crippen LogP contribution in [-0.4, -0.2) is 54.0 Å². The molecule has 0 bridgehead atoms. The van der Waals surface area contributed by atoms with E-state index >= 15 is 0 Å². The van der Waals surface area contributed by atoms with Crippen molar-refractivity contribution in [2.24, 2.45) is 10.7 Å². The third-order valence-electron chi connectivity index (χ3n) is 5.75. The van der Waals surface area contributed by atoms with E-state index in [-0.39, 0.29) is 11.7 Å². The van der Waals surface area contributed by atoms with Gasteiger partial charge in [0.2, 0.25) is 0 Å². The van der Waals surface area contributed by atoms with Gasteiger partial charge in [0.05, 0.1) is 11.1 Å². The highest BCUT2D eigenvalue weighted by molar-refractivity contribution is 6.05. The first-order valence-corrected chi connectivity index (χ1v) is 11.1. The zero-order chi connectivity index (χ0) is 22.4. The number of hydrogen-bond acceptors (Lipinski definition) is 6. The predicted octanol–water partition coefficient (Wildman–Crippen LogP) is 3.08. The van der Waals surface area contributed by atoms with Crippen LogP contribution in [0.4, 0.5) is 10.2 Å². The third kappa shape index (κ3) is 6.12. The van der Waals surface area contributed by atoms with Crippen molar-refractivity contribution < 1.29 is 14.2 Å². The number of aryl methyl sites for hydroxylation is 1. The third-order valence-corrected chi connectivity index (χ3v) is 5.75. The molecule has 31 heavy (non-hydrogen) atoms. The van der Waals surface area contributed by atoms with Gasteiger partial charge in [-0.2, -0.15) is 0 Å². The number of hydrogen-bond donors (Lipinski definition) is 4. The van der Waals surface area contributed by atoms with E-state index < -0.39 is 6.23 Å². The molecule has 1 fully saturated rings. The number of aliphatic hydroxyl groups excluding tert-OH is 1. The summed E-state index contributed by atoms with van der Waals surface area (Å²) in [5.41, 5.74) is 7.83. The molecular weight excluding hydrogens is 397 g/mol. The van der Waals surface area contributed by atoms with Crippen molar-refractivity contribution in [3.05, 3.63) is 35.1 Å². The molecule has 0 saturated carbocycles. The number of nitrogens with one attached hydrogen (secondary N) is 2. The summed E-state index contributed by atoms with van der Waals surface area (Å²) in [5.74, 6) is 0.446.